The van der Waals surface area contributed by atoms with Crippen molar-refractivity contribution < 1.29 is 29.3 Å². The number of amides is 2. The fraction of sp³-hybridized carbons (Fsp3) is 0.727. The zero-order valence-corrected chi connectivity index (χ0v) is 10.5. The minimum absolute atomic E-state index is 0.00483. The van der Waals surface area contributed by atoms with E-state index in [9.17, 15) is 19.5 Å². The van der Waals surface area contributed by atoms with E-state index < -0.39 is 29.7 Å². The van der Waals surface area contributed by atoms with Gasteiger partial charge in [0.1, 0.15) is 18.3 Å². The molecule has 2 amide bonds. The topological polar surface area (TPSA) is 107 Å². The van der Waals surface area contributed by atoms with Gasteiger partial charge in [0.25, 0.3) is 5.91 Å². The second-order valence-electron chi connectivity index (χ2n) is 4.76. The fourth-order valence-electron chi connectivity index (χ4n) is 2.87. The van der Waals surface area contributed by atoms with E-state index in [1.165, 1.54) is 7.11 Å². The highest BCUT2D eigenvalue weighted by Crippen LogP contribution is 2.40. The summed E-state index contributed by atoms with van der Waals surface area (Å²) >= 11 is 0. The molecule has 0 aromatic carbocycles. The Kier molecular flexibility index (Phi) is 3.36. The average molecular weight is 272 g/mol. The van der Waals surface area contributed by atoms with Gasteiger partial charge in [0.15, 0.2) is 0 Å². The summed E-state index contributed by atoms with van der Waals surface area (Å²) in [6.07, 6.45) is -1.41. The number of carbonyl (C=O) groups is 3. The standard InChI is InChI=1S/C11H16N2O6/c1-19-8(15)6-12-7(14)5-11(9(12)16)3-2-4-13(11)10(17)18/h7,14H,2-6H2,1H3,(H,17,18)/t7?,11-/m1/s1. The first-order chi connectivity index (χ1) is 8.92. The van der Waals surface area contributed by atoms with Gasteiger partial charge in [-0.05, 0) is 12.8 Å². The van der Waals surface area contributed by atoms with Crippen molar-refractivity contribution in [1.29, 1.82) is 0 Å². The molecule has 0 radical (unpaired) electrons. The van der Waals surface area contributed by atoms with Crippen molar-refractivity contribution in [2.45, 2.75) is 31.0 Å². The lowest BCUT2D eigenvalue weighted by molar-refractivity contribution is -0.151. The smallest absolute Gasteiger partial charge is 0.408 e. The highest BCUT2D eigenvalue weighted by Gasteiger charge is 2.58. The molecule has 2 fully saturated rings. The van der Waals surface area contributed by atoms with Crippen molar-refractivity contribution in [3.63, 3.8) is 0 Å². The Morgan fingerprint density at radius 1 is 1.53 bits per heavy atom. The Labute approximate surface area is 109 Å². The number of carbonyl (C=O) groups excluding carboxylic acids is 2. The maximum absolute atomic E-state index is 12.4. The van der Waals surface area contributed by atoms with Crippen LogP contribution in [0.5, 0.6) is 0 Å². The lowest BCUT2D eigenvalue weighted by Crippen LogP contribution is -2.52. The molecule has 19 heavy (non-hydrogen) atoms. The van der Waals surface area contributed by atoms with Gasteiger partial charge < -0.3 is 19.8 Å². The number of esters is 1. The summed E-state index contributed by atoms with van der Waals surface area (Å²) in [6.45, 7) is -0.106. The van der Waals surface area contributed by atoms with Crippen LogP contribution >= 0.6 is 0 Å². The first-order valence-electron chi connectivity index (χ1n) is 5.99. The van der Waals surface area contributed by atoms with Crippen LogP contribution in [-0.2, 0) is 14.3 Å². The summed E-state index contributed by atoms with van der Waals surface area (Å²) in [7, 11) is 1.18. The Bertz CT molecular complexity index is 425. The molecule has 0 saturated carbocycles. The summed E-state index contributed by atoms with van der Waals surface area (Å²) in [5.74, 6) is -1.17. The molecule has 0 aromatic heterocycles. The molecule has 2 atom stereocenters. The molecule has 2 rings (SSSR count). The van der Waals surface area contributed by atoms with Gasteiger partial charge in [-0.2, -0.15) is 0 Å². The lowest BCUT2D eigenvalue weighted by atomic mass is 9.94. The largest absolute Gasteiger partial charge is 0.468 e. The number of hydrogen-bond donors (Lipinski definition) is 2. The molecule has 2 heterocycles. The predicted octanol–water partition coefficient (Wildman–Crippen LogP) is -0.777. The third-order valence-corrected chi connectivity index (χ3v) is 3.79. The van der Waals surface area contributed by atoms with Gasteiger partial charge in [0.05, 0.1) is 7.11 Å². The minimum atomic E-state index is -1.22. The number of nitrogens with zero attached hydrogens (tertiary/aromatic N) is 2. The van der Waals surface area contributed by atoms with E-state index in [-0.39, 0.29) is 19.5 Å². The summed E-state index contributed by atoms with van der Waals surface area (Å²) < 4.78 is 4.46. The number of carboxylic acid groups (broad SMARTS) is 1. The lowest BCUT2D eigenvalue weighted by Gasteiger charge is -2.30. The first-order valence-corrected chi connectivity index (χ1v) is 5.99. The van der Waals surface area contributed by atoms with Crippen molar-refractivity contribution in [2.24, 2.45) is 0 Å². The van der Waals surface area contributed by atoms with Crippen LogP contribution in [0, 0.1) is 0 Å². The van der Waals surface area contributed by atoms with Gasteiger partial charge in [-0.1, -0.05) is 0 Å². The Morgan fingerprint density at radius 2 is 2.21 bits per heavy atom. The van der Waals surface area contributed by atoms with Crippen LogP contribution in [0.1, 0.15) is 19.3 Å². The number of aliphatic hydroxyl groups is 1. The molecule has 106 valence electrons. The van der Waals surface area contributed by atoms with Gasteiger partial charge in [0, 0.05) is 13.0 Å². The van der Waals surface area contributed by atoms with Crippen LogP contribution in [0.15, 0.2) is 0 Å². The molecule has 0 aliphatic carbocycles. The maximum Gasteiger partial charge on any atom is 0.408 e. The van der Waals surface area contributed by atoms with Crippen molar-refractivity contribution in [2.75, 3.05) is 20.2 Å². The molecule has 1 spiro atoms. The Morgan fingerprint density at radius 3 is 2.79 bits per heavy atom. The molecular weight excluding hydrogens is 256 g/mol. The highest BCUT2D eigenvalue weighted by molar-refractivity contribution is 5.94. The number of rotatable bonds is 2. The number of aliphatic hydroxyl groups excluding tert-OH is 1. The second-order valence-corrected chi connectivity index (χ2v) is 4.76. The molecule has 2 aliphatic heterocycles. The predicted molar refractivity (Wildman–Crippen MR) is 61.0 cm³/mol. The third-order valence-electron chi connectivity index (χ3n) is 3.79. The molecule has 8 heteroatoms. The van der Waals surface area contributed by atoms with E-state index in [4.69, 9.17) is 5.11 Å². The Hall–Kier alpha value is -1.83. The molecular formula is C11H16N2O6. The van der Waals surface area contributed by atoms with Gasteiger partial charge in [0.2, 0.25) is 0 Å². The second kappa shape index (κ2) is 4.69. The number of ether oxygens (including phenoxy) is 1. The molecule has 1 unspecified atom stereocenters. The molecule has 2 N–H and O–H groups in total. The minimum Gasteiger partial charge on any atom is -0.468 e. The summed E-state index contributed by atoms with van der Waals surface area (Å²) in [5.41, 5.74) is -1.22. The number of hydrogen-bond acceptors (Lipinski definition) is 5. The summed E-state index contributed by atoms with van der Waals surface area (Å²) in [6, 6.07) is 0. The molecule has 2 aliphatic rings. The van der Waals surface area contributed by atoms with E-state index >= 15 is 0 Å². The Balaban J connectivity index is 2.23. The van der Waals surface area contributed by atoms with Crippen molar-refractivity contribution in [3.05, 3.63) is 0 Å². The fourth-order valence-corrected chi connectivity index (χ4v) is 2.87. The zero-order chi connectivity index (χ0) is 14.2. The monoisotopic (exact) mass is 272 g/mol. The molecule has 8 nitrogen and oxygen atoms in total. The molecule has 0 aromatic rings. The van der Waals surface area contributed by atoms with Crippen molar-refractivity contribution >= 4 is 18.0 Å². The van der Waals surface area contributed by atoms with Crippen LogP contribution in [0.3, 0.4) is 0 Å². The van der Waals surface area contributed by atoms with Crippen LogP contribution < -0.4 is 0 Å². The van der Waals surface area contributed by atoms with Crippen LogP contribution in [-0.4, -0.2) is 69.9 Å². The summed E-state index contributed by atoms with van der Waals surface area (Å²) in [4.78, 5) is 36.8. The first kappa shape index (κ1) is 13.6. The van der Waals surface area contributed by atoms with E-state index in [2.05, 4.69) is 4.74 Å². The zero-order valence-electron chi connectivity index (χ0n) is 10.5. The maximum atomic E-state index is 12.4. The average Bonchev–Trinajstić information content (AvgIpc) is 2.87. The molecule has 2 saturated heterocycles. The van der Waals surface area contributed by atoms with Crippen LogP contribution in [0.25, 0.3) is 0 Å². The van der Waals surface area contributed by atoms with E-state index in [1.54, 1.807) is 0 Å². The van der Waals surface area contributed by atoms with Gasteiger partial charge in [-0.15, -0.1) is 0 Å². The van der Waals surface area contributed by atoms with Crippen LogP contribution in [0.2, 0.25) is 0 Å². The van der Waals surface area contributed by atoms with E-state index in [0.29, 0.717) is 12.8 Å². The van der Waals surface area contributed by atoms with E-state index in [0.717, 1.165) is 9.80 Å². The van der Waals surface area contributed by atoms with Crippen molar-refractivity contribution in [3.8, 4) is 0 Å². The molecule has 0 bridgehead atoms. The van der Waals surface area contributed by atoms with E-state index in [1.807, 2.05) is 0 Å². The van der Waals surface area contributed by atoms with Crippen molar-refractivity contribution in [1.82, 2.24) is 9.80 Å². The normalized spacial score (nSPS) is 30.2. The number of likely N-dealkylation sites (tertiary alicyclic amines) is 2. The van der Waals surface area contributed by atoms with Gasteiger partial charge in [-0.25, -0.2) is 4.79 Å². The van der Waals surface area contributed by atoms with Crippen LogP contribution in [0.4, 0.5) is 4.79 Å². The summed E-state index contributed by atoms with van der Waals surface area (Å²) in [5, 5.41) is 19.0. The van der Waals surface area contributed by atoms with Gasteiger partial charge in [-0.3, -0.25) is 14.5 Å². The van der Waals surface area contributed by atoms with Gasteiger partial charge >= 0.3 is 12.1 Å². The number of methoxy groups -OCH3 is 1. The third kappa shape index (κ3) is 2.01. The SMILES string of the molecule is COC(=O)CN1C(=O)[C@@]2(CCCN2C(=O)O)CC1O. The quantitative estimate of drug-likeness (QED) is 0.639. The highest BCUT2D eigenvalue weighted by atomic mass is 16.5.